The highest BCUT2D eigenvalue weighted by Crippen LogP contribution is 2.42. The summed E-state index contributed by atoms with van der Waals surface area (Å²) in [6.45, 7) is 4.12. The van der Waals surface area contributed by atoms with Crippen molar-refractivity contribution in [3.63, 3.8) is 0 Å². The molecule has 2 nitrogen and oxygen atoms in total. The standard InChI is InChI=1S/C25H27NO/c1-18-14-22-11-8-20(15-24(22)25(18)21-6-4-3-5-7-21)17-26-16-19-9-12-23(27-2)13-10-19/h3-13,15,18,25-26H,14,16-17H2,1-2H3/t18-,25-/m0/s1. The van der Waals surface area contributed by atoms with Crippen molar-refractivity contribution in [2.24, 2.45) is 5.92 Å². The molecule has 2 heteroatoms. The van der Waals surface area contributed by atoms with Crippen molar-refractivity contribution >= 4 is 0 Å². The van der Waals surface area contributed by atoms with E-state index in [9.17, 15) is 0 Å². The molecule has 0 heterocycles. The fraction of sp³-hybridized carbons (Fsp3) is 0.280. The van der Waals surface area contributed by atoms with Gasteiger partial charge in [-0.1, -0.05) is 67.6 Å². The molecule has 3 aromatic rings. The van der Waals surface area contributed by atoms with E-state index in [2.05, 4.69) is 72.9 Å². The first kappa shape index (κ1) is 17.8. The molecule has 1 aliphatic carbocycles. The summed E-state index contributed by atoms with van der Waals surface area (Å²) in [5, 5.41) is 3.57. The Labute approximate surface area is 162 Å². The predicted molar refractivity (Wildman–Crippen MR) is 111 cm³/mol. The Kier molecular flexibility index (Phi) is 5.26. The number of rotatable bonds is 6. The van der Waals surface area contributed by atoms with Gasteiger partial charge >= 0.3 is 0 Å². The minimum atomic E-state index is 0.516. The summed E-state index contributed by atoms with van der Waals surface area (Å²) in [5.41, 5.74) is 7.09. The molecule has 0 spiro atoms. The average molecular weight is 357 g/mol. The highest BCUT2D eigenvalue weighted by atomic mass is 16.5. The lowest BCUT2D eigenvalue weighted by atomic mass is 9.86. The lowest BCUT2D eigenvalue weighted by Crippen LogP contribution is -2.13. The maximum absolute atomic E-state index is 5.22. The fourth-order valence-corrected chi connectivity index (χ4v) is 4.26. The first-order valence-electron chi connectivity index (χ1n) is 9.75. The lowest BCUT2D eigenvalue weighted by molar-refractivity contribution is 0.414. The van der Waals surface area contributed by atoms with E-state index < -0.39 is 0 Å². The van der Waals surface area contributed by atoms with E-state index in [0.717, 1.165) is 18.8 Å². The van der Waals surface area contributed by atoms with Crippen LogP contribution in [-0.2, 0) is 19.5 Å². The second kappa shape index (κ2) is 7.98. The first-order valence-corrected chi connectivity index (χ1v) is 9.75. The molecule has 0 fully saturated rings. The lowest BCUT2D eigenvalue weighted by Gasteiger charge is -2.18. The zero-order valence-corrected chi connectivity index (χ0v) is 16.1. The summed E-state index contributed by atoms with van der Waals surface area (Å²) in [7, 11) is 1.70. The van der Waals surface area contributed by atoms with Gasteiger partial charge in [-0.3, -0.25) is 0 Å². The fourth-order valence-electron chi connectivity index (χ4n) is 4.26. The van der Waals surface area contributed by atoms with Crippen molar-refractivity contribution < 1.29 is 4.74 Å². The summed E-state index contributed by atoms with van der Waals surface area (Å²) in [4.78, 5) is 0. The summed E-state index contributed by atoms with van der Waals surface area (Å²) < 4.78 is 5.22. The molecule has 0 aromatic heterocycles. The number of hydrogen-bond donors (Lipinski definition) is 1. The second-order valence-corrected chi connectivity index (χ2v) is 7.55. The molecule has 0 saturated carbocycles. The average Bonchev–Trinajstić information content (AvgIpc) is 3.04. The molecule has 1 aliphatic rings. The number of hydrogen-bond acceptors (Lipinski definition) is 2. The smallest absolute Gasteiger partial charge is 0.118 e. The van der Waals surface area contributed by atoms with E-state index >= 15 is 0 Å². The summed E-state index contributed by atoms with van der Waals surface area (Å²) in [6, 6.07) is 26.2. The van der Waals surface area contributed by atoms with Crippen LogP contribution in [0.15, 0.2) is 72.8 Å². The van der Waals surface area contributed by atoms with Crippen molar-refractivity contribution in [1.82, 2.24) is 5.32 Å². The molecule has 0 amide bonds. The second-order valence-electron chi connectivity index (χ2n) is 7.55. The van der Waals surface area contributed by atoms with Gasteiger partial charge in [0.1, 0.15) is 5.75 Å². The summed E-state index contributed by atoms with van der Waals surface area (Å²) in [6.07, 6.45) is 1.18. The molecule has 0 saturated heterocycles. The van der Waals surface area contributed by atoms with Crippen molar-refractivity contribution in [3.05, 3.63) is 101 Å². The molecule has 27 heavy (non-hydrogen) atoms. The Morgan fingerprint density at radius 1 is 0.889 bits per heavy atom. The molecular weight excluding hydrogens is 330 g/mol. The Morgan fingerprint density at radius 3 is 2.33 bits per heavy atom. The molecule has 3 aromatic carbocycles. The van der Waals surface area contributed by atoms with Crippen LogP contribution in [0, 0.1) is 5.92 Å². The number of methoxy groups -OCH3 is 1. The van der Waals surface area contributed by atoms with Crippen LogP contribution in [0.5, 0.6) is 5.75 Å². The predicted octanol–water partition coefficient (Wildman–Crippen LogP) is 5.31. The quantitative estimate of drug-likeness (QED) is 0.645. The maximum Gasteiger partial charge on any atom is 0.118 e. The zero-order chi connectivity index (χ0) is 18.6. The molecule has 138 valence electrons. The van der Waals surface area contributed by atoms with Crippen LogP contribution in [-0.4, -0.2) is 7.11 Å². The van der Waals surface area contributed by atoms with E-state index in [1.165, 1.54) is 34.2 Å². The molecule has 0 radical (unpaired) electrons. The molecular formula is C25H27NO. The summed E-state index contributed by atoms with van der Waals surface area (Å²) >= 11 is 0. The number of nitrogens with one attached hydrogen (secondary N) is 1. The van der Waals surface area contributed by atoms with Crippen molar-refractivity contribution in [2.45, 2.75) is 32.4 Å². The Bertz CT molecular complexity index is 886. The molecule has 0 aliphatic heterocycles. The van der Waals surface area contributed by atoms with Gasteiger partial charge in [0.15, 0.2) is 0 Å². The van der Waals surface area contributed by atoms with Gasteiger partial charge in [-0.15, -0.1) is 0 Å². The van der Waals surface area contributed by atoms with Gasteiger partial charge in [0, 0.05) is 19.0 Å². The number of ether oxygens (including phenoxy) is 1. The monoisotopic (exact) mass is 357 g/mol. The topological polar surface area (TPSA) is 21.3 Å². The van der Waals surface area contributed by atoms with Crippen molar-refractivity contribution in [3.8, 4) is 5.75 Å². The van der Waals surface area contributed by atoms with Gasteiger partial charge in [0.2, 0.25) is 0 Å². The molecule has 1 N–H and O–H groups in total. The molecule has 0 unspecified atom stereocenters. The largest absolute Gasteiger partial charge is 0.497 e. The third kappa shape index (κ3) is 3.91. The maximum atomic E-state index is 5.22. The Balaban J connectivity index is 1.45. The Hall–Kier alpha value is -2.58. The molecule has 2 atom stereocenters. The van der Waals surface area contributed by atoms with E-state index in [1.54, 1.807) is 7.11 Å². The van der Waals surface area contributed by atoms with Crippen LogP contribution in [0.3, 0.4) is 0 Å². The van der Waals surface area contributed by atoms with Gasteiger partial charge in [-0.2, -0.15) is 0 Å². The molecule has 4 rings (SSSR count). The third-order valence-electron chi connectivity index (χ3n) is 5.63. The Morgan fingerprint density at radius 2 is 1.59 bits per heavy atom. The van der Waals surface area contributed by atoms with Gasteiger partial charge in [-0.25, -0.2) is 0 Å². The van der Waals surface area contributed by atoms with E-state index in [4.69, 9.17) is 4.74 Å². The van der Waals surface area contributed by atoms with Crippen LogP contribution in [0.2, 0.25) is 0 Å². The van der Waals surface area contributed by atoms with Crippen LogP contribution in [0.4, 0.5) is 0 Å². The van der Waals surface area contributed by atoms with Gasteiger partial charge in [0.05, 0.1) is 7.11 Å². The number of benzene rings is 3. The third-order valence-corrected chi connectivity index (χ3v) is 5.63. The normalized spacial score (nSPS) is 18.3. The number of fused-ring (bicyclic) bond motifs is 1. The highest BCUT2D eigenvalue weighted by Gasteiger charge is 2.30. The SMILES string of the molecule is COc1ccc(CNCc2ccc3c(c2)[C@H](c2ccccc2)[C@@H](C)C3)cc1. The zero-order valence-electron chi connectivity index (χ0n) is 16.1. The van der Waals surface area contributed by atoms with E-state index in [-0.39, 0.29) is 0 Å². The first-order chi connectivity index (χ1) is 13.2. The van der Waals surface area contributed by atoms with Crippen LogP contribution in [0.25, 0.3) is 0 Å². The highest BCUT2D eigenvalue weighted by molar-refractivity contribution is 5.45. The van der Waals surface area contributed by atoms with Gasteiger partial charge < -0.3 is 10.1 Å². The van der Waals surface area contributed by atoms with Gasteiger partial charge in [-0.05, 0) is 52.3 Å². The minimum absolute atomic E-state index is 0.516. The minimum Gasteiger partial charge on any atom is -0.497 e. The van der Waals surface area contributed by atoms with E-state index in [1.807, 2.05) is 12.1 Å². The van der Waals surface area contributed by atoms with Crippen molar-refractivity contribution in [1.29, 1.82) is 0 Å². The van der Waals surface area contributed by atoms with E-state index in [0.29, 0.717) is 11.8 Å². The van der Waals surface area contributed by atoms with Crippen molar-refractivity contribution in [2.75, 3.05) is 7.11 Å². The van der Waals surface area contributed by atoms with Crippen LogP contribution >= 0.6 is 0 Å². The van der Waals surface area contributed by atoms with Gasteiger partial charge in [0.25, 0.3) is 0 Å². The summed E-state index contributed by atoms with van der Waals surface area (Å²) in [5.74, 6) is 2.08. The molecule has 0 bridgehead atoms. The van der Waals surface area contributed by atoms with Crippen LogP contribution in [0.1, 0.15) is 40.7 Å². The van der Waals surface area contributed by atoms with Crippen LogP contribution < -0.4 is 10.1 Å².